The molecule has 0 atom stereocenters. The van der Waals surface area contributed by atoms with Gasteiger partial charge in [-0.25, -0.2) is 4.39 Å². The molecule has 6 nitrogen and oxygen atoms in total. The van der Waals surface area contributed by atoms with Gasteiger partial charge in [0, 0.05) is 49.1 Å². The molecule has 2 aromatic carbocycles. The molecule has 160 valence electrons. The van der Waals surface area contributed by atoms with E-state index in [1.165, 1.54) is 22.8 Å². The summed E-state index contributed by atoms with van der Waals surface area (Å²) in [5.41, 5.74) is 2.77. The zero-order valence-corrected chi connectivity index (χ0v) is 18.7. The van der Waals surface area contributed by atoms with Gasteiger partial charge in [-0.1, -0.05) is 30.5 Å². The predicted molar refractivity (Wildman–Crippen MR) is 125 cm³/mol. The quantitative estimate of drug-likeness (QED) is 0.381. The van der Waals surface area contributed by atoms with Crippen molar-refractivity contribution in [1.82, 2.24) is 14.3 Å². The highest BCUT2D eigenvalue weighted by Gasteiger charge is 2.18. The highest BCUT2D eigenvalue weighted by molar-refractivity contribution is 8.00. The SMILES string of the molecule is CCSNc1ccc(Oc2ccc(F)cc2Cl)c(-c2cn(C)c(=O)c3cn(C)nc23)c1. The fraction of sp³-hybridized carbons (Fsp3) is 0.182. The van der Waals surface area contributed by atoms with Crippen LogP contribution in [0.2, 0.25) is 5.02 Å². The van der Waals surface area contributed by atoms with E-state index < -0.39 is 5.82 Å². The largest absolute Gasteiger partial charge is 0.455 e. The van der Waals surface area contributed by atoms with Gasteiger partial charge in [0.2, 0.25) is 0 Å². The van der Waals surface area contributed by atoms with Crippen molar-refractivity contribution in [2.75, 3.05) is 10.5 Å². The van der Waals surface area contributed by atoms with Crippen LogP contribution in [0.5, 0.6) is 11.5 Å². The van der Waals surface area contributed by atoms with Crippen molar-refractivity contribution in [3.63, 3.8) is 0 Å². The molecule has 9 heteroatoms. The molecule has 0 radical (unpaired) electrons. The number of ether oxygens (including phenoxy) is 1. The minimum absolute atomic E-state index is 0.133. The Balaban J connectivity index is 1.92. The number of benzene rings is 2. The molecular formula is C22H20ClFN4O2S. The molecule has 0 saturated heterocycles. The van der Waals surface area contributed by atoms with Crippen molar-refractivity contribution < 1.29 is 9.13 Å². The molecule has 0 unspecified atom stereocenters. The van der Waals surface area contributed by atoms with Gasteiger partial charge in [-0.2, -0.15) is 5.10 Å². The number of fused-ring (bicyclic) bond motifs is 1. The van der Waals surface area contributed by atoms with E-state index in [-0.39, 0.29) is 10.6 Å². The first-order valence-corrected chi connectivity index (χ1v) is 10.9. The van der Waals surface area contributed by atoms with E-state index >= 15 is 0 Å². The lowest BCUT2D eigenvalue weighted by Crippen LogP contribution is -2.16. The third-order valence-electron chi connectivity index (χ3n) is 4.68. The highest BCUT2D eigenvalue weighted by atomic mass is 35.5. The second-order valence-corrected chi connectivity index (χ2v) is 8.42. The van der Waals surface area contributed by atoms with Crippen molar-refractivity contribution in [2.45, 2.75) is 6.92 Å². The minimum atomic E-state index is -0.443. The first kappa shape index (κ1) is 21.3. The van der Waals surface area contributed by atoms with Crippen LogP contribution in [0.15, 0.2) is 53.6 Å². The van der Waals surface area contributed by atoms with E-state index in [2.05, 4.69) is 16.7 Å². The molecule has 0 spiro atoms. The van der Waals surface area contributed by atoms with Gasteiger partial charge < -0.3 is 14.0 Å². The Hall–Kier alpha value is -2.97. The summed E-state index contributed by atoms with van der Waals surface area (Å²) in [5.74, 6) is 1.28. The Morgan fingerprint density at radius 2 is 1.90 bits per heavy atom. The van der Waals surface area contributed by atoms with Crippen LogP contribution < -0.4 is 15.0 Å². The van der Waals surface area contributed by atoms with Crippen LogP contribution in [-0.4, -0.2) is 20.1 Å². The van der Waals surface area contributed by atoms with Crippen LogP contribution in [-0.2, 0) is 14.1 Å². The number of anilines is 1. The van der Waals surface area contributed by atoms with E-state index in [4.69, 9.17) is 16.3 Å². The smallest absolute Gasteiger partial charge is 0.261 e. The van der Waals surface area contributed by atoms with E-state index in [0.717, 1.165) is 22.6 Å². The van der Waals surface area contributed by atoms with Crippen molar-refractivity contribution in [1.29, 1.82) is 0 Å². The summed E-state index contributed by atoms with van der Waals surface area (Å²) in [4.78, 5) is 12.6. The normalized spacial score (nSPS) is 11.1. The van der Waals surface area contributed by atoms with Crippen LogP contribution in [0.1, 0.15) is 6.92 Å². The molecule has 31 heavy (non-hydrogen) atoms. The number of halogens is 2. The first-order valence-electron chi connectivity index (χ1n) is 9.55. The average molecular weight is 459 g/mol. The Bertz CT molecular complexity index is 1340. The van der Waals surface area contributed by atoms with Crippen LogP contribution in [0.3, 0.4) is 0 Å². The molecule has 0 aliphatic heterocycles. The van der Waals surface area contributed by atoms with Crippen molar-refractivity contribution in [2.24, 2.45) is 14.1 Å². The first-order chi connectivity index (χ1) is 14.9. The van der Waals surface area contributed by atoms with Crippen LogP contribution >= 0.6 is 23.5 Å². The van der Waals surface area contributed by atoms with Crippen LogP contribution in [0.25, 0.3) is 22.0 Å². The van der Waals surface area contributed by atoms with Gasteiger partial charge in [0.05, 0.1) is 10.4 Å². The fourth-order valence-corrected chi connectivity index (χ4v) is 3.91. The molecule has 1 N–H and O–H groups in total. The predicted octanol–water partition coefficient (Wildman–Crippen LogP) is 5.60. The van der Waals surface area contributed by atoms with E-state index in [9.17, 15) is 9.18 Å². The number of hydrogen-bond donors (Lipinski definition) is 1. The summed E-state index contributed by atoms with van der Waals surface area (Å²) >= 11 is 7.74. The van der Waals surface area contributed by atoms with E-state index in [0.29, 0.717) is 22.4 Å². The lowest BCUT2D eigenvalue weighted by Gasteiger charge is -2.15. The molecule has 2 aromatic heterocycles. The summed E-state index contributed by atoms with van der Waals surface area (Å²) in [7, 11) is 3.47. The van der Waals surface area contributed by atoms with Crippen molar-refractivity contribution in [3.8, 4) is 22.6 Å². The number of aryl methyl sites for hydroxylation is 2. The monoisotopic (exact) mass is 458 g/mol. The lowest BCUT2D eigenvalue weighted by molar-refractivity contribution is 0.482. The van der Waals surface area contributed by atoms with Gasteiger partial charge >= 0.3 is 0 Å². The molecule has 4 aromatic rings. The third kappa shape index (κ3) is 4.26. The minimum Gasteiger partial charge on any atom is -0.455 e. The molecule has 0 aliphatic rings. The average Bonchev–Trinajstić information content (AvgIpc) is 3.14. The number of rotatable bonds is 6. The second-order valence-electron chi connectivity index (χ2n) is 6.95. The van der Waals surface area contributed by atoms with Crippen LogP contribution in [0, 0.1) is 5.82 Å². The van der Waals surface area contributed by atoms with Gasteiger partial charge in [0.1, 0.15) is 22.8 Å². The Labute approximate surface area is 187 Å². The van der Waals surface area contributed by atoms with Crippen molar-refractivity contribution >= 4 is 40.1 Å². The van der Waals surface area contributed by atoms with Gasteiger partial charge in [-0.05, 0) is 36.4 Å². The molecule has 0 aliphatic carbocycles. The molecule has 0 saturated carbocycles. The van der Waals surface area contributed by atoms with Gasteiger partial charge in [-0.3, -0.25) is 9.48 Å². The Morgan fingerprint density at radius 1 is 1.13 bits per heavy atom. The third-order valence-corrected chi connectivity index (χ3v) is 5.64. The highest BCUT2D eigenvalue weighted by Crippen LogP contribution is 2.40. The second kappa shape index (κ2) is 8.64. The Morgan fingerprint density at radius 3 is 2.65 bits per heavy atom. The topological polar surface area (TPSA) is 61.1 Å². The fourth-order valence-electron chi connectivity index (χ4n) is 3.27. The van der Waals surface area contributed by atoms with Crippen molar-refractivity contribution in [3.05, 3.63) is 70.0 Å². The molecule has 0 bridgehead atoms. The maximum Gasteiger partial charge on any atom is 0.261 e. The zero-order valence-electron chi connectivity index (χ0n) is 17.1. The summed E-state index contributed by atoms with van der Waals surface area (Å²) in [6.45, 7) is 2.05. The van der Waals surface area contributed by atoms with Gasteiger partial charge in [0.15, 0.2) is 0 Å². The Kier molecular flexibility index (Phi) is 5.93. The summed E-state index contributed by atoms with van der Waals surface area (Å²) < 4.78 is 26.0. The number of nitrogens with one attached hydrogen (secondary N) is 1. The van der Waals surface area contributed by atoms with Gasteiger partial charge in [0.25, 0.3) is 5.56 Å². The number of hydrogen-bond acceptors (Lipinski definition) is 5. The molecular weight excluding hydrogens is 439 g/mol. The lowest BCUT2D eigenvalue weighted by atomic mass is 10.0. The van der Waals surface area contributed by atoms with Crippen LogP contribution in [0.4, 0.5) is 10.1 Å². The zero-order chi connectivity index (χ0) is 22.1. The summed E-state index contributed by atoms with van der Waals surface area (Å²) in [5, 5.41) is 5.18. The maximum atomic E-state index is 13.5. The van der Waals surface area contributed by atoms with E-state index in [1.54, 1.807) is 43.1 Å². The molecule has 0 amide bonds. The molecule has 4 rings (SSSR count). The number of aromatic nitrogens is 3. The molecule has 0 fully saturated rings. The van der Waals surface area contributed by atoms with E-state index in [1.807, 2.05) is 18.2 Å². The summed E-state index contributed by atoms with van der Waals surface area (Å²) in [6.07, 6.45) is 3.44. The standard InChI is InChI=1S/C22H20ClFN4O2S/c1-4-31-26-14-6-8-19(30-20-7-5-13(24)9-18(20)23)15(10-14)16-11-27(2)22(29)17-12-28(3)25-21(16)17/h5-12,26H,4H2,1-3H3. The molecule has 2 heterocycles. The summed E-state index contributed by atoms with van der Waals surface area (Å²) in [6, 6.07) is 9.61. The number of pyridine rings is 1. The maximum absolute atomic E-state index is 13.5. The van der Waals surface area contributed by atoms with Gasteiger partial charge in [-0.15, -0.1) is 0 Å². The number of nitrogens with zero attached hydrogens (tertiary/aromatic N) is 3.